The third-order valence-electron chi connectivity index (χ3n) is 2.94. The van der Waals surface area contributed by atoms with Crippen LogP contribution in [0.3, 0.4) is 0 Å². The van der Waals surface area contributed by atoms with Crippen LogP contribution in [-0.2, 0) is 14.3 Å². The van der Waals surface area contributed by atoms with Gasteiger partial charge in [0, 0.05) is 18.5 Å². The summed E-state index contributed by atoms with van der Waals surface area (Å²) in [5.74, 6) is -0.953. The fourth-order valence-corrected chi connectivity index (χ4v) is 1.93. The fraction of sp³-hybridized carbons (Fsp3) is 0.833. The van der Waals surface area contributed by atoms with Crippen LogP contribution in [0.15, 0.2) is 0 Å². The first-order valence-electron chi connectivity index (χ1n) is 6.17. The highest BCUT2D eigenvalue weighted by atomic mass is 16.5. The maximum absolute atomic E-state index is 12.1. The molecule has 1 unspecified atom stereocenters. The summed E-state index contributed by atoms with van der Waals surface area (Å²) < 4.78 is 5.23. The Morgan fingerprint density at radius 2 is 2.17 bits per heavy atom. The number of carbonyl (C=O) groups is 2. The zero-order valence-electron chi connectivity index (χ0n) is 11.0. The first-order chi connectivity index (χ1) is 8.29. The Labute approximate surface area is 107 Å². The molecule has 1 saturated heterocycles. The number of carbonyl (C=O) groups excluding carboxylic acids is 1. The number of nitrogens with two attached hydrogens (primary N) is 1. The summed E-state index contributed by atoms with van der Waals surface area (Å²) >= 11 is 0. The third-order valence-corrected chi connectivity index (χ3v) is 2.94. The molecule has 1 aliphatic rings. The SMILES string of the molecule is CC(C)(N)CCC(=O)N1CCOCC1CC(=O)O. The molecule has 1 rings (SSSR count). The zero-order valence-corrected chi connectivity index (χ0v) is 11.0. The molecule has 0 aromatic carbocycles. The number of ether oxygens (including phenoxy) is 1. The van der Waals surface area contributed by atoms with E-state index >= 15 is 0 Å². The molecular formula is C12H22N2O4. The number of carboxylic acid groups (broad SMARTS) is 1. The molecule has 6 nitrogen and oxygen atoms in total. The van der Waals surface area contributed by atoms with Gasteiger partial charge in [-0.3, -0.25) is 9.59 Å². The number of aliphatic carboxylic acids is 1. The average molecular weight is 258 g/mol. The number of hydrogen-bond donors (Lipinski definition) is 2. The minimum absolute atomic E-state index is 0.0388. The van der Waals surface area contributed by atoms with Crippen LogP contribution in [0.25, 0.3) is 0 Å². The van der Waals surface area contributed by atoms with Crippen LogP contribution >= 0.6 is 0 Å². The molecule has 6 heteroatoms. The van der Waals surface area contributed by atoms with Gasteiger partial charge in [0.2, 0.25) is 5.91 Å². The lowest BCUT2D eigenvalue weighted by Crippen LogP contribution is -2.50. The molecule has 0 aromatic heterocycles. The smallest absolute Gasteiger partial charge is 0.305 e. The highest BCUT2D eigenvalue weighted by Gasteiger charge is 2.29. The van der Waals surface area contributed by atoms with Gasteiger partial charge in [0.15, 0.2) is 0 Å². The van der Waals surface area contributed by atoms with E-state index in [9.17, 15) is 9.59 Å². The van der Waals surface area contributed by atoms with Crippen molar-refractivity contribution in [2.75, 3.05) is 19.8 Å². The van der Waals surface area contributed by atoms with Gasteiger partial charge in [-0.15, -0.1) is 0 Å². The first-order valence-corrected chi connectivity index (χ1v) is 6.17. The van der Waals surface area contributed by atoms with Crippen LogP contribution in [0, 0.1) is 0 Å². The monoisotopic (exact) mass is 258 g/mol. The fourth-order valence-electron chi connectivity index (χ4n) is 1.93. The van der Waals surface area contributed by atoms with Crippen LogP contribution in [-0.4, -0.2) is 53.2 Å². The van der Waals surface area contributed by atoms with Crippen molar-refractivity contribution in [3.05, 3.63) is 0 Å². The summed E-state index contributed by atoms with van der Waals surface area (Å²) in [4.78, 5) is 24.4. The molecule has 1 atom stereocenters. The Balaban J connectivity index is 2.54. The van der Waals surface area contributed by atoms with E-state index < -0.39 is 5.97 Å². The molecule has 0 aromatic rings. The zero-order chi connectivity index (χ0) is 13.8. The standard InChI is InChI=1S/C12H22N2O4/c1-12(2,13)4-3-10(15)14-5-6-18-8-9(14)7-11(16)17/h9H,3-8,13H2,1-2H3,(H,16,17). The van der Waals surface area contributed by atoms with Crippen molar-refractivity contribution in [1.29, 1.82) is 0 Å². The lowest BCUT2D eigenvalue weighted by Gasteiger charge is -2.35. The Morgan fingerprint density at radius 1 is 1.50 bits per heavy atom. The van der Waals surface area contributed by atoms with Gasteiger partial charge < -0.3 is 20.5 Å². The summed E-state index contributed by atoms with van der Waals surface area (Å²) in [7, 11) is 0. The number of carboxylic acids is 1. The predicted molar refractivity (Wildman–Crippen MR) is 66.1 cm³/mol. The van der Waals surface area contributed by atoms with Crippen molar-refractivity contribution < 1.29 is 19.4 Å². The molecule has 0 radical (unpaired) electrons. The van der Waals surface area contributed by atoms with Gasteiger partial charge in [-0.1, -0.05) is 0 Å². The van der Waals surface area contributed by atoms with E-state index in [1.54, 1.807) is 4.90 Å². The second-order valence-corrected chi connectivity index (χ2v) is 5.40. The Morgan fingerprint density at radius 3 is 2.72 bits per heavy atom. The van der Waals surface area contributed by atoms with Crippen molar-refractivity contribution in [2.24, 2.45) is 5.73 Å². The largest absolute Gasteiger partial charge is 0.481 e. The van der Waals surface area contributed by atoms with Gasteiger partial charge in [-0.2, -0.15) is 0 Å². The van der Waals surface area contributed by atoms with E-state index in [0.717, 1.165) is 0 Å². The van der Waals surface area contributed by atoms with Gasteiger partial charge in [0.1, 0.15) is 0 Å². The Hall–Kier alpha value is -1.14. The second-order valence-electron chi connectivity index (χ2n) is 5.40. The van der Waals surface area contributed by atoms with Gasteiger partial charge >= 0.3 is 5.97 Å². The quantitative estimate of drug-likeness (QED) is 0.735. The van der Waals surface area contributed by atoms with Crippen molar-refractivity contribution in [3.63, 3.8) is 0 Å². The maximum Gasteiger partial charge on any atom is 0.305 e. The molecule has 0 bridgehead atoms. The van der Waals surface area contributed by atoms with Gasteiger partial charge in [0.05, 0.1) is 25.7 Å². The van der Waals surface area contributed by atoms with E-state index in [2.05, 4.69) is 0 Å². The Kier molecular flexibility index (Phi) is 5.10. The summed E-state index contributed by atoms with van der Waals surface area (Å²) in [6.45, 7) is 4.96. The number of amides is 1. The topological polar surface area (TPSA) is 92.9 Å². The van der Waals surface area contributed by atoms with Crippen LogP contribution in [0.1, 0.15) is 33.1 Å². The molecule has 18 heavy (non-hydrogen) atoms. The number of rotatable bonds is 5. The van der Waals surface area contributed by atoms with Gasteiger partial charge in [-0.05, 0) is 20.3 Å². The van der Waals surface area contributed by atoms with Gasteiger partial charge in [-0.25, -0.2) is 0 Å². The average Bonchev–Trinajstić information content (AvgIpc) is 2.25. The third kappa shape index (κ3) is 5.01. The minimum Gasteiger partial charge on any atom is -0.481 e. The summed E-state index contributed by atoms with van der Waals surface area (Å²) in [5, 5.41) is 8.81. The molecule has 1 fully saturated rings. The highest BCUT2D eigenvalue weighted by Crippen LogP contribution is 2.15. The highest BCUT2D eigenvalue weighted by molar-refractivity contribution is 5.78. The van der Waals surface area contributed by atoms with E-state index in [0.29, 0.717) is 32.6 Å². The van der Waals surface area contributed by atoms with Crippen LogP contribution < -0.4 is 5.73 Å². The van der Waals surface area contributed by atoms with Crippen LogP contribution in [0.4, 0.5) is 0 Å². The molecule has 1 heterocycles. The van der Waals surface area contributed by atoms with Crippen molar-refractivity contribution in [1.82, 2.24) is 4.90 Å². The summed E-state index contributed by atoms with van der Waals surface area (Å²) in [6, 6.07) is -0.357. The van der Waals surface area contributed by atoms with Crippen LogP contribution in [0.2, 0.25) is 0 Å². The first kappa shape index (κ1) is 14.9. The van der Waals surface area contributed by atoms with Crippen molar-refractivity contribution in [3.8, 4) is 0 Å². The molecule has 3 N–H and O–H groups in total. The molecule has 104 valence electrons. The number of hydrogen-bond acceptors (Lipinski definition) is 4. The molecular weight excluding hydrogens is 236 g/mol. The van der Waals surface area contributed by atoms with Crippen molar-refractivity contribution in [2.45, 2.75) is 44.7 Å². The number of morpholine rings is 1. The Bertz CT molecular complexity index is 312. The lowest BCUT2D eigenvalue weighted by molar-refractivity contribution is -0.146. The van der Waals surface area contributed by atoms with Crippen LogP contribution in [0.5, 0.6) is 0 Å². The molecule has 0 spiro atoms. The molecule has 0 aliphatic carbocycles. The second kappa shape index (κ2) is 6.15. The lowest BCUT2D eigenvalue weighted by atomic mass is 9.99. The van der Waals surface area contributed by atoms with E-state index in [-0.39, 0.29) is 23.9 Å². The summed E-state index contributed by atoms with van der Waals surface area (Å²) in [6.07, 6.45) is 0.861. The predicted octanol–water partition coefficient (Wildman–Crippen LogP) is 0.206. The molecule has 1 aliphatic heterocycles. The maximum atomic E-state index is 12.1. The normalized spacial score (nSPS) is 20.8. The number of nitrogens with zero attached hydrogens (tertiary/aromatic N) is 1. The van der Waals surface area contributed by atoms with E-state index in [1.165, 1.54) is 0 Å². The van der Waals surface area contributed by atoms with E-state index in [4.69, 9.17) is 15.6 Å². The molecule has 0 saturated carbocycles. The summed E-state index contributed by atoms with van der Waals surface area (Å²) in [5.41, 5.74) is 5.45. The van der Waals surface area contributed by atoms with E-state index in [1.807, 2.05) is 13.8 Å². The molecule has 1 amide bonds. The van der Waals surface area contributed by atoms with Crippen molar-refractivity contribution >= 4 is 11.9 Å². The van der Waals surface area contributed by atoms with Gasteiger partial charge in [0.25, 0.3) is 0 Å². The minimum atomic E-state index is -0.914.